The highest BCUT2D eigenvalue weighted by Crippen LogP contribution is 2.15. The quantitative estimate of drug-likeness (QED) is 0.843. The van der Waals surface area contributed by atoms with Crippen LogP contribution in [0.4, 0.5) is 5.69 Å². The number of hydrogen-bond acceptors (Lipinski definition) is 3. The van der Waals surface area contributed by atoms with E-state index in [2.05, 4.69) is 5.32 Å². The minimum absolute atomic E-state index is 0.0480. The third kappa shape index (κ3) is 5.95. The van der Waals surface area contributed by atoms with Crippen LogP contribution in [-0.2, 0) is 9.59 Å². The molecule has 2 amide bonds. The molecule has 2 aromatic carbocycles. The fraction of sp³-hybridized carbons (Fsp3) is 0.300. The number of hydrogen-bond donors (Lipinski definition) is 1. The van der Waals surface area contributed by atoms with Gasteiger partial charge >= 0.3 is 0 Å². The molecule has 0 heterocycles. The van der Waals surface area contributed by atoms with Gasteiger partial charge in [-0.05, 0) is 43.7 Å². The van der Waals surface area contributed by atoms with Gasteiger partial charge in [-0.15, -0.1) is 0 Å². The Morgan fingerprint density at radius 1 is 1.04 bits per heavy atom. The van der Waals surface area contributed by atoms with Crippen molar-refractivity contribution in [1.82, 2.24) is 5.32 Å². The maximum Gasteiger partial charge on any atom is 0.258 e. The van der Waals surface area contributed by atoms with Crippen molar-refractivity contribution in [1.29, 1.82) is 0 Å². The van der Waals surface area contributed by atoms with Crippen molar-refractivity contribution in [3.8, 4) is 5.75 Å². The maximum atomic E-state index is 11.9. The van der Waals surface area contributed by atoms with Crippen LogP contribution in [0.1, 0.15) is 18.1 Å². The Morgan fingerprint density at radius 2 is 1.76 bits per heavy atom. The van der Waals surface area contributed by atoms with Crippen molar-refractivity contribution >= 4 is 17.5 Å². The molecule has 0 bridgehead atoms. The standard InChI is InChI=1S/C20H24N2O3/c1-15-7-9-19(10-8-15)25-14-20(24)21-11-12-22(17(3)23)18-6-4-5-16(2)13-18/h4-10,13H,11-12,14H2,1-3H3,(H,21,24). The summed E-state index contributed by atoms with van der Waals surface area (Å²) in [7, 11) is 0. The average molecular weight is 340 g/mol. The molecule has 1 N–H and O–H groups in total. The maximum absolute atomic E-state index is 11.9. The van der Waals surface area contributed by atoms with E-state index in [0.29, 0.717) is 18.8 Å². The summed E-state index contributed by atoms with van der Waals surface area (Å²) in [6.07, 6.45) is 0. The van der Waals surface area contributed by atoms with Crippen LogP contribution < -0.4 is 15.0 Å². The van der Waals surface area contributed by atoms with E-state index in [1.165, 1.54) is 6.92 Å². The molecule has 0 aliphatic rings. The summed E-state index contributed by atoms with van der Waals surface area (Å²) in [4.78, 5) is 25.4. The molecule has 2 aromatic rings. The summed E-state index contributed by atoms with van der Waals surface area (Å²) in [5.41, 5.74) is 3.05. The molecule has 0 aliphatic heterocycles. The van der Waals surface area contributed by atoms with Crippen LogP contribution in [0.3, 0.4) is 0 Å². The summed E-state index contributed by atoms with van der Waals surface area (Å²) < 4.78 is 5.44. The zero-order valence-electron chi connectivity index (χ0n) is 14.9. The second kappa shape index (κ2) is 8.87. The van der Waals surface area contributed by atoms with Crippen molar-refractivity contribution in [2.75, 3.05) is 24.6 Å². The monoisotopic (exact) mass is 340 g/mol. The van der Waals surface area contributed by atoms with Crippen molar-refractivity contribution in [3.63, 3.8) is 0 Å². The molecule has 0 fully saturated rings. The lowest BCUT2D eigenvalue weighted by Crippen LogP contribution is -2.39. The van der Waals surface area contributed by atoms with Gasteiger partial charge < -0.3 is 15.0 Å². The van der Waals surface area contributed by atoms with Gasteiger partial charge in [-0.3, -0.25) is 9.59 Å². The molecule has 0 aliphatic carbocycles. The zero-order valence-corrected chi connectivity index (χ0v) is 14.9. The lowest BCUT2D eigenvalue weighted by atomic mass is 10.2. The minimum atomic E-state index is -0.215. The first-order valence-corrected chi connectivity index (χ1v) is 8.26. The molecule has 0 aromatic heterocycles. The normalized spacial score (nSPS) is 10.2. The van der Waals surface area contributed by atoms with Gasteiger partial charge in [0.2, 0.25) is 5.91 Å². The molecule has 5 heteroatoms. The van der Waals surface area contributed by atoms with Crippen LogP contribution in [0.25, 0.3) is 0 Å². The zero-order chi connectivity index (χ0) is 18.2. The first kappa shape index (κ1) is 18.5. The van der Waals surface area contributed by atoms with E-state index in [1.807, 2.05) is 62.4 Å². The van der Waals surface area contributed by atoms with Crippen molar-refractivity contribution < 1.29 is 14.3 Å². The number of benzene rings is 2. The molecule has 0 spiro atoms. The number of anilines is 1. The van der Waals surface area contributed by atoms with Crippen LogP contribution in [0.5, 0.6) is 5.75 Å². The topological polar surface area (TPSA) is 58.6 Å². The van der Waals surface area contributed by atoms with Gasteiger partial charge in [-0.2, -0.15) is 0 Å². The van der Waals surface area contributed by atoms with Gasteiger partial charge in [0.05, 0.1) is 0 Å². The highest BCUT2D eigenvalue weighted by Gasteiger charge is 2.12. The third-order valence-corrected chi connectivity index (χ3v) is 3.74. The van der Waals surface area contributed by atoms with E-state index in [4.69, 9.17) is 4.74 Å². The number of carbonyl (C=O) groups is 2. The van der Waals surface area contributed by atoms with E-state index >= 15 is 0 Å². The predicted molar refractivity (Wildman–Crippen MR) is 98.9 cm³/mol. The summed E-state index contributed by atoms with van der Waals surface area (Å²) in [5, 5.41) is 2.78. The molecule has 0 unspecified atom stereocenters. The van der Waals surface area contributed by atoms with E-state index < -0.39 is 0 Å². The molecule has 0 radical (unpaired) electrons. The molecule has 2 rings (SSSR count). The molecular weight excluding hydrogens is 316 g/mol. The molecule has 0 saturated heterocycles. The summed E-state index contributed by atoms with van der Waals surface area (Å²) in [6, 6.07) is 15.2. The summed E-state index contributed by atoms with van der Waals surface area (Å²) >= 11 is 0. The first-order valence-electron chi connectivity index (χ1n) is 8.26. The smallest absolute Gasteiger partial charge is 0.258 e. The van der Waals surface area contributed by atoms with E-state index in [9.17, 15) is 9.59 Å². The Hall–Kier alpha value is -2.82. The number of nitrogens with one attached hydrogen (secondary N) is 1. The summed E-state index contributed by atoms with van der Waals surface area (Å²) in [5.74, 6) is 0.384. The van der Waals surface area contributed by atoms with Crippen LogP contribution in [-0.4, -0.2) is 31.5 Å². The molecular formula is C20H24N2O3. The molecule has 5 nitrogen and oxygen atoms in total. The molecule has 132 valence electrons. The van der Waals surface area contributed by atoms with Gasteiger partial charge in [0, 0.05) is 25.7 Å². The Kier molecular flexibility index (Phi) is 6.57. The highest BCUT2D eigenvalue weighted by molar-refractivity contribution is 5.91. The first-order chi connectivity index (χ1) is 12.0. The van der Waals surface area contributed by atoms with Gasteiger partial charge in [0.1, 0.15) is 5.75 Å². The van der Waals surface area contributed by atoms with Crippen molar-refractivity contribution in [3.05, 3.63) is 59.7 Å². The van der Waals surface area contributed by atoms with Gasteiger partial charge in [0.15, 0.2) is 6.61 Å². The number of carbonyl (C=O) groups excluding carboxylic acids is 2. The van der Waals surface area contributed by atoms with Gasteiger partial charge in [-0.25, -0.2) is 0 Å². The number of amides is 2. The number of nitrogens with zero attached hydrogens (tertiary/aromatic N) is 1. The molecule has 0 atom stereocenters. The van der Waals surface area contributed by atoms with Gasteiger partial charge in [0.25, 0.3) is 5.91 Å². The van der Waals surface area contributed by atoms with E-state index in [1.54, 1.807) is 4.90 Å². The van der Waals surface area contributed by atoms with Gasteiger partial charge in [-0.1, -0.05) is 29.8 Å². The van der Waals surface area contributed by atoms with E-state index in [-0.39, 0.29) is 18.4 Å². The fourth-order valence-corrected chi connectivity index (χ4v) is 2.41. The van der Waals surface area contributed by atoms with Crippen molar-refractivity contribution in [2.45, 2.75) is 20.8 Å². The van der Waals surface area contributed by atoms with Crippen LogP contribution >= 0.6 is 0 Å². The largest absolute Gasteiger partial charge is 0.484 e. The fourth-order valence-electron chi connectivity index (χ4n) is 2.41. The lowest BCUT2D eigenvalue weighted by Gasteiger charge is -2.21. The third-order valence-electron chi connectivity index (χ3n) is 3.74. The Balaban J connectivity index is 1.80. The second-order valence-electron chi connectivity index (χ2n) is 5.96. The van der Waals surface area contributed by atoms with Crippen LogP contribution in [0, 0.1) is 13.8 Å². The number of ether oxygens (including phenoxy) is 1. The SMILES string of the molecule is CC(=O)N(CCNC(=O)COc1ccc(C)cc1)c1cccc(C)c1. The molecule has 25 heavy (non-hydrogen) atoms. The highest BCUT2D eigenvalue weighted by atomic mass is 16.5. The van der Waals surface area contributed by atoms with E-state index in [0.717, 1.165) is 16.8 Å². The Morgan fingerprint density at radius 3 is 2.40 bits per heavy atom. The molecule has 0 saturated carbocycles. The van der Waals surface area contributed by atoms with Crippen LogP contribution in [0.2, 0.25) is 0 Å². The summed E-state index contributed by atoms with van der Waals surface area (Å²) in [6.45, 7) is 6.22. The number of rotatable bonds is 7. The minimum Gasteiger partial charge on any atom is -0.484 e. The number of aryl methyl sites for hydroxylation is 2. The van der Waals surface area contributed by atoms with Crippen molar-refractivity contribution in [2.24, 2.45) is 0 Å². The van der Waals surface area contributed by atoms with Crippen LogP contribution in [0.15, 0.2) is 48.5 Å². The Labute approximate surface area is 148 Å². The predicted octanol–water partition coefficient (Wildman–Crippen LogP) is 2.85. The second-order valence-corrected chi connectivity index (χ2v) is 5.96. The lowest BCUT2D eigenvalue weighted by molar-refractivity contribution is -0.123. The Bertz CT molecular complexity index is 726. The average Bonchev–Trinajstić information content (AvgIpc) is 2.58.